The van der Waals surface area contributed by atoms with E-state index in [1.54, 1.807) is 23.6 Å². The van der Waals surface area contributed by atoms with E-state index in [1.807, 2.05) is 6.07 Å². The van der Waals surface area contributed by atoms with Gasteiger partial charge in [0.1, 0.15) is 11.6 Å². The summed E-state index contributed by atoms with van der Waals surface area (Å²) in [6.07, 6.45) is 1.45. The van der Waals surface area contributed by atoms with Crippen LogP contribution in [0.3, 0.4) is 0 Å². The summed E-state index contributed by atoms with van der Waals surface area (Å²) in [6, 6.07) is 10.1. The molecule has 3 rings (SSSR count). The minimum absolute atomic E-state index is 0.0732. The molecular formula is C18H13ClF2N4OS. The number of aromatic nitrogens is 1. The van der Waals surface area contributed by atoms with Crippen molar-refractivity contribution < 1.29 is 13.6 Å². The van der Waals surface area contributed by atoms with Crippen LogP contribution in [0.4, 0.5) is 25.3 Å². The van der Waals surface area contributed by atoms with Crippen LogP contribution < -0.4 is 10.3 Å². The van der Waals surface area contributed by atoms with Gasteiger partial charge < -0.3 is 0 Å². The van der Waals surface area contributed by atoms with E-state index in [0.29, 0.717) is 16.4 Å². The van der Waals surface area contributed by atoms with Gasteiger partial charge in [0.25, 0.3) is 0 Å². The van der Waals surface area contributed by atoms with Crippen molar-refractivity contribution in [2.75, 3.05) is 10.3 Å². The van der Waals surface area contributed by atoms with Gasteiger partial charge in [-0.25, -0.2) is 13.8 Å². The number of nitrogens with one attached hydrogen (secondary N) is 1. The van der Waals surface area contributed by atoms with Gasteiger partial charge in [0.2, 0.25) is 5.91 Å². The summed E-state index contributed by atoms with van der Waals surface area (Å²) in [5.41, 5.74) is 3.81. The molecule has 2 aromatic carbocycles. The maximum Gasteiger partial charge on any atom is 0.230 e. The predicted molar refractivity (Wildman–Crippen MR) is 104 cm³/mol. The monoisotopic (exact) mass is 406 g/mol. The van der Waals surface area contributed by atoms with E-state index < -0.39 is 17.5 Å². The van der Waals surface area contributed by atoms with Crippen molar-refractivity contribution in [2.24, 2.45) is 5.10 Å². The molecule has 0 unspecified atom stereocenters. The Kier molecular flexibility index (Phi) is 5.78. The molecule has 9 heteroatoms. The Hall–Kier alpha value is -2.84. The van der Waals surface area contributed by atoms with E-state index >= 15 is 0 Å². The highest BCUT2D eigenvalue weighted by Gasteiger charge is 2.21. The molecule has 3 aromatic rings. The van der Waals surface area contributed by atoms with Gasteiger partial charge in [-0.15, -0.1) is 11.3 Å². The third-order valence-electron chi connectivity index (χ3n) is 3.42. The molecule has 0 atom stereocenters. The van der Waals surface area contributed by atoms with Crippen molar-refractivity contribution in [3.05, 3.63) is 70.2 Å². The number of hydrogen-bond acceptors (Lipinski definition) is 5. The number of hydrogen-bond donors (Lipinski definition) is 1. The molecule has 1 heterocycles. The van der Waals surface area contributed by atoms with Gasteiger partial charge in [-0.1, -0.05) is 23.7 Å². The zero-order valence-corrected chi connectivity index (χ0v) is 15.6. The average molecular weight is 407 g/mol. The van der Waals surface area contributed by atoms with Crippen LogP contribution in [0.25, 0.3) is 0 Å². The number of rotatable bonds is 5. The van der Waals surface area contributed by atoms with Crippen molar-refractivity contribution in [3.8, 4) is 0 Å². The lowest BCUT2D eigenvalue weighted by atomic mass is 10.2. The number of hydrazone groups is 1. The molecule has 1 amide bonds. The first-order valence-electron chi connectivity index (χ1n) is 7.70. The van der Waals surface area contributed by atoms with Crippen molar-refractivity contribution in [1.82, 2.24) is 4.98 Å². The maximum absolute atomic E-state index is 14.1. The SMILES string of the molecule is CC(=O)N(c1nc(/C=N\Nc2ccccc2Cl)cs1)c1ccc(F)cc1F. The van der Waals surface area contributed by atoms with Crippen LogP contribution in [0, 0.1) is 11.6 Å². The third kappa shape index (κ3) is 4.47. The molecule has 0 aliphatic rings. The molecule has 0 fully saturated rings. The number of nitrogens with zero attached hydrogens (tertiary/aromatic N) is 3. The number of carbonyl (C=O) groups excluding carboxylic acids is 1. The first-order chi connectivity index (χ1) is 13.0. The quantitative estimate of drug-likeness (QED) is 0.467. The molecule has 138 valence electrons. The molecule has 0 bridgehead atoms. The zero-order valence-electron chi connectivity index (χ0n) is 14.0. The topological polar surface area (TPSA) is 57.6 Å². The fourth-order valence-electron chi connectivity index (χ4n) is 2.23. The maximum atomic E-state index is 14.1. The highest BCUT2D eigenvalue weighted by atomic mass is 35.5. The van der Waals surface area contributed by atoms with Crippen LogP contribution in [-0.4, -0.2) is 17.1 Å². The van der Waals surface area contributed by atoms with Gasteiger partial charge in [0.05, 0.1) is 28.3 Å². The zero-order chi connectivity index (χ0) is 19.4. The van der Waals surface area contributed by atoms with E-state index in [9.17, 15) is 13.6 Å². The first-order valence-corrected chi connectivity index (χ1v) is 8.96. The Bertz CT molecular complexity index is 1010. The summed E-state index contributed by atoms with van der Waals surface area (Å²) in [4.78, 5) is 17.3. The lowest BCUT2D eigenvalue weighted by Gasteiger charge is -2.18. The minimum Gasteiger partial charge on any atom is -0.277 e. The normalized spacial score (nSPS) is 11.0. The van der Waals surface area contributed by atoms with Crippen LogP contribution in [0.1, 0.15) is 12.6 Å². The largest absolute Gasteiger partial charge is 0.277 e. The van der Waals surface area contributed by atoms with Crippen LogP contribution in [0.15, 0.2) is 52.9 Å². The smallest absolute Gasteiger partial charge is 0.230 e. The summed E-state index contributed by atoms with van der Waals surface area (Å²) < 4.78 is 27.2. The summed E-state index contributed by atoms with van der Waals surface area (Å²) in [5, 5.41) is 6.47. The number of para-hydroxylation sites is 1. The second-order valence-electron chi connectivity index (χ2n) is 5.35. The van der Waals surface area contributed by atoms with E-state index in [-0.39, 0.29) is 10.8 Å². The Morgan fingerprint density at radius 1 is 1.30 bits per heavy atom. The highest BCUT2D eigenvalue weighted by Crippen LogP contribution is 2.31. The van der Waals surface area contributed by atoms with Gasteiger partial charge in [-0.05, 0) is 24.3 Å². The van der Waals surface area contributed by atoms with Crippen LogP contribution in [-0.2, 0) is 4.79 Å². The number of amides is 1. The van der Waals surface area contributed by atoms with Gasteiger partial charge in [-0.2, -0.15) is 5.10 Å². The first kappa shape index (κ1) is 18.9. The molecular weight excluding hydrogens is 394 g/mol. The van der Waals surface area contributed by atoms with E-state index in [0.717, 1.165) is 28.4 Å². The third-order valence-corrected chi connectivity index (χ3v) is 4.60. The van der Waals surface area contributed by atoms with Gasteiger partial charge in [-0.3, -0.25) is 15.1 Å². The Morgan fingerprint density at radius 2 is 2.07 bits per heavy atom. The molecule has 0 saturated heterocycles. The van der Waals surface area contributed by atoms with E-state index in [4.69, 9.17) is 11.6 Å². The lowest BCUT2D eigenvalue weighted by molar-refractivity contribution is -0.115. The number of carbonyl (C=O) groups is 1. The van der Waals surface area contributed by atoms with Gasteiger partial charge in [0, 0.05) is 18.4 Å². The van der Waals surface area contributed by atoms with Crippen LogP contribution in [0.5, 0.6) is 0 Å². The minimum atomic E-state index is -0.851. The van der Waals surface area contributed by atoms with Crippen LogP contribution in [0.2, 0.25) is 5.02 Å². The molecule has 5 nitrogen and oxygen atoms in total. The van der Waals surface area contributed by atoms with Crippen molar-refractivity contribution in [3.63, 3.8) is 0 Å². The highest BCUT2D eigenvalue weighted by molar-refractivity contribution is 7.14. The van der Waals surface area contributed by atoms with E-state index in [2.05, 4.69) is 15.5 Å². The molecule has 0 aliphatic carbocycles. The second-order valence-corrected chi connectivity index (χ2v) is 6.60. The number of benzene rings is 2. The Labute approximate surface area is 162 Å². The average Bonchev–Trinajstić information content (AvgIpc) is 3.07. The standard InChI is InChI=1S/C18H13ClF2N4OS/c1-11(26)25(17-7-6-12(20)8-15(17)21)18-23-13(10-27-18)9-22-24-16-5-3-2-4-14(16)19/h2-10,24H,1H3/b22-9-. The molecule has 27 heavy (non-hydrogen) atoms. The van der Waals surface area contributed by atoms with Crippen molar-refractivity contribution in [1.29, 1.82) is 0 Å². The molecule has 0 aliphatic heterocycles. The van der Waals surface area contributed by atoms with Gasteiger partial charge >= 0.3 is 0 Å². The number of anilines is 3. The second kappa shape index (κ2) is 8.24. The Morgan fingerprint density at radius 3 is 2.78 bits per heavy atom. The van der Waals surface area contributed by atoms with Gasteiger partial charge in [0.15, 0.2) is 5.13 Å². The fraction of sp³-hybridized carbons (Fsp3) is 0.0556. The molecule has 1 aromatic heterocycles. The number of halogens is 3. The summed E-state index contributed by atoms with van der Waals surface area (Å²) in [5.74, 6) is -2.03. The van der Waals surface area contributed by atoms with Crippen molar-refractivity contribution >= 4 is 51.6 Å². The van der Waals surface area contributed by atoms with Crippen LogP contribution >= 0.6 is 22.9 Å². The van der Waals surface area contributed by atoms with Crippen molar-refractivity contribution in [2.45, 2.75) is 6.92 Å². The van der Waals surface area contributed by atoms with E-state index in [1.165, 1.54) is 19.2 Å². The number of thiazole rings is 1. The molecule has 0 saturated carbocycles. The molecule has 0 radical (unpaired) electrons. The molecule has 1 N–H and O–H groups in total. The predicted octanol–water partition coefficient (Wildman–Crippen LogP) is 5.21. The summed E-state index contributed by atoms with van der Waals surface area (Å²) in [6.45, 7) is 1.27. The lowest BCUT2D eigenvalue weighted by Crippen LogP contribution is -2.23. The fourth-order valence-corrected chi connectivity index (χ4v) is 3.24. The summed E-state index contributed by atoms with van der Waals surface area (Å²) >= 11 is 7.16. The summed E-state index contributed by atoms with van der Waals surface area (Å²) in [7, 11) is 0. The molecule has 0 spiro atoms. The Balaban J connectivity index is 1.81.